The van der Waals surface area contributed by atoms with Crippen LogP contribution in [0.4, 0.5) is 23.7 Å². The van der Waals surface area contributed by atoms with E-state index in [9.17, 15) is 22.2 Å². The third kappa shape index (κ3) is 4.97. The molecule has 0 radical (unpaired) electrons. The molecule has 1 atom stereocenters. The van der Waals surface area contributed by atoms with Crippen LogP contribution in [-0.4, -0.2) is 10.2 Å². The predicted octanol–water partition coefficient (Wildman–Crippen LogP) is 4.20. The van der Waals surface area contributed by atoms with Crippen LogP contribution >= 0.6 is 11.6 Å². The van der Waals surface area contributed by atoms with E-state index in [1.165, 1.54) is 0 Å². The lowest BCUT2D eigenvalue weighted by Gasteiger charge is -2.09. The molecule has 0 aromatic heterocycles. The summed E-state index contributed by atoms with van der Waals surface area (Å²) >= 11 is 5.70. The van der Waals surface area contributed by atoms with Crippen molar-refractivity contribution in [1.82, 2.24) is 4.72 Å². The normalized spacial score (nSPS) is 12.5. The number of rotatable bonds is 3. The number of carbonyl (C=O) groups excluding carboxylic acids is 1. The third-order valence-electron chi connectivity index (χ3n) is 2.68. The first-order valence-electron chi connectivity index (χ1n) is 6.18. The summed E-state index contributed by atoms with van der Waals surface area (Å²) in [7, 11) is -1.98. The van der Waals surface area contributed by atoms with Crippen molar-refractivity contribution >= 4 is 34.3 Å². The highest BCUT2D eigenvalue weighted by Gasteiger charge is 2.30. The predicted molar refractivity (Wildman–Crippen MR) is 81.5 cm³/mol. The summed E-state index contributed by atoms with van der Waals surface area (Å²) in [6.45, 7) is 0. The van der Waals surface area contributed by atoms with Gasteiger partial charge in [0.25, 0.3) is 0 Å². The molecule has 0 fully saturated rings. The Morgan fingerprint density at radius 3 is 2.09 bits per heavy atom. The Bertz CT molecular complexity index is 718. The van der Waals surface area contributed by atoms with Gasteiger partial charge in [-0.2, -0.15) is 13.2 Å². The number of urea groups is 1. The average molecular weight is 363 g/mol. The van der Waals surface area contributed by atoms with Crippen LogP contribution in [0.1, 0.15) is 5.56 Å². The molecule has 0 saturated heterocycles. The van der Waals surface area contributed by atoms with Crippen molar-refractivity contribution in [2.24, 2.45) is 0 Å². The van der Waals surface area contributed by atoms with Crippen LogP contribution in [0.3, 0.4) is 0 Å². The Balaban J connectivity index is 1.98. The topological polar surface area (TPSA) is 58.2 Å². The summed E-state index contributed by atoms with van der Waals surface area (Å²) in [6, 6.07) is 9.13. The SMILES string of the molecule is O=C(Nc1ccc(Cl)cc1)NS(=O)c1ccc(C(F)(F)F)cc1. The van der Waals surface area contributed by atoms with Crippen LogP contribution < -0.4 is 10.0 Å². The number of halogens is 4. The number of nitrogens with one attached hydrogen (secondary N) is 2. The molecule has 1 unspecified atom stereocenters. The lowest BCUT2D eigenvalue weighted by molar-refractivity contribution is -0.137. The molecule has 23 heavy (non-hydrogen) atoms. The van der Waals surface area contributed by atoms with E-state index in [0.717, 1.165) is 24.3 Å². The minimum atomic E-state index is -4.47. The van der Waals surface area contributed by atoms with E-state index >= 15 is 0 Å². The molecule has 2 rings (SSSR count). The van der Waals surface area contributed by atoms with Gasteiger partial charge in [0.2, 0.25) is 0 Å². The molecule has 2 amide bonds. The fourth-order valence-electron chi connectivity index (χ4n) is 1.60. The van der Waals surface area contributed by atoms with Crippen LogP contribution in [0.15, 0.2) is 53.4 Å². The minimum absolute atomic E-state index is 0.0456. The smallest absolute Gasteiger partial charge is 0.307 e. The van der Waals surface area contributed by atoms with Crippen LogP contribution in [-0.2, 0) is 17.2 Å². The molecule has 2 aromatic carbocycles. The third-order valence-corrected chi connectivity index (χ3v) is 4.01. The van der Waals surface area contributed by atoms with E-state index < -0.39 is 28.8 Å². The second-order valence-corrected chi connectivity index (χ2v) is 6.00. The first-order chi connectivity index (χ1) is 10.8. The van der Waals surface area contributed by atoms with Crippen molar-refractivity contribution in [2.75, 3.05) is 5.32 Å². The molecule has 2 N–H and O–H groups in total. The molecule has 0 aliphatic heterocycles. The second-order valence-electron chi connectivity index (χ2n) is 4.35. The summed E-state index contributed by atoms with van der Waals surface area (Å²) in [5.41, 5.74) is -0.430. The molecule has 2 aromatic rings. The maximum absolute atomic E-state index is 12.4. The van der Waals surface area contributed by atoms with Crippen molar-refractivity contribution in [3.05, 3.63) is 59.1 Å². The van der Waals surface area contributed by atoms with Crippen molar-refractivity contribution < 1.29 is 22.2 Å². The van der Waals surface area contributed by atoms with Gasteiger partial charge in [-0.25, -0.2) is 9.00 Å². The zero-order valence-corrected chi connectivity index (χ0v) is 12.9. The number of carbonyl (C=O) groups is 1. The summed E-state index contributed by atoms with van der Waals surface area (Å²) in [5, 5.41) is 2.91. The number of anilines is 1. The molecule has 0 bridgehead atoms. The van der Waals surface area contributed by atoms with E-state index in [0.29, 0.717) is 10.7 Å². The van der Waals surface area contributed by atoms with Crippen LogP contribution in [0, 0.1) is 0 Å². The maximum atomic E-state index is 12.4. The molecule has 0 aliphatic carbocycles. The number of alkyl halides is 3. The van der Waals surface area contributed by atoms with Crippen LogP contribution in [0.5, 0.6) is 0 Å². The molecule has 122 valence electrons. The van der Waals surface area contributed by atoms with Crippen molar-refractivity contribution in [3.8, 4) is 0 Å². The number of hydrogen-bond donors (Lipinski definition) is 2. The van der Waals surface area contributed by atoms with Gasteiger partial charge in [-0.15, -0.1) is 0 Å². The lowest BCUT2D eigenvalue weighted by Crippen LogP contribution is -2.30. The first-order valence-corrected chi connectivity index (χ1v) is 7.71. The summed E-state index contributed by atoms with van der Waals surface area (Å²) in [4.78, 5) is 11.7. The van der Waals surface area contributed by atoms with E-state index in [4.69, 9.17) is 11.6 Å². The molecular weight excluding hydrogens is 353 g/mol. The highest BCUT2D eigenvalue weighted by atomic mass is 35.5. The van der Waals surface area contributed by atoms with Crippen LogP contribution in [0.2, 0.25) is 5.02 Å². The quantitative estimate of drug-likeness (QED) is 0.859. The highest BCUT2D eigenvalue weighted by Crippen LogP contribution is 2.29. The van der Waals surface area contributed by atoms with Gasteiger partial charge in [0.1, 0.15) is 0 Å². The van der Waals surface area contributed by atoms with Crippen molar-refractivity contribution in [2.45, 2.75) is 11.1 Å². The van der Waals surface area contributed by atoms with Gasteiger partial charge in [0, 0.05) is 10.7 Å². The molecule has 4 nitrogen and oxygen atoms in total. The zero-order chi connectivity index (χ0) is 17.0. The standard InChI is InChI=1S/C14H10ClF3N2O2S/c15-10-3-5-11(6-4-10)19-13(21)20-23(22)12-7-1-9(2-8-12)14(16,17)18/h1-8H,(H2,19,20,21). The fraction of sp³-hybridized carbons (Fsp3) is 0.0714. The van der Waals surface area contributed by atoms with E-state index in [2.05, 4.69) is 10.0 Å². The highest BCUT2D eigenvalue weighted by molar-refractivity contribution is 7.83. The second kappa shape index (κ2) is 7.01. The van der Waals surface area contributed by atoms with Gasteiger partial charge < -0.3 is 5.32 Å². The fourth-order valence-corrected chi connectivity index (χ4v) is 2.45. The summed E-state index contributed by atoms with van der Waals surface area (Å²) < 4.78 is 51.3. The molecule has 0 aliphatic rings. The Morgan fingerprint density at radius 1 is 1.00 bits per heavy atom. The lowest BCUT2D eigenvalue weighted by atomic mass is 10.2. The maximum Gasteiger partial charge on any atom is 0.416 e. The molecular formula is C14H10ClF3N2O2S. The first kappa shape index (κ1) is 17.3. The largest absolute Gasteiger partial charge is 0.416 e. The van der Waals surface area contributed by atoms with E-state index in [-0.39, 0.29) is 4.90 Å². The molecule has 0 saturated carbocycles. The van der Waals surface area contributed by atoms with Crippen molar-refractivity contribution in [1.29, 1.82) is 0 Å². The Hall–Kier alpha value is -2.06. The monoisotopic (exact) mass is 362 g/mol. The van der Waals surface area contributed by atoms with Gasteiger partial charge in [-0.05, 0) is 48.5 Å². The van der Waals surface area contributed by atoms with E-state index in [1.807, 2.05) is 0 Å². The molecule has 0 heterocycles. The van der Waals surface area contributed by atoms with Gasteiger partial charge in [0.05, 0.1) is 10.5 Å². The van der Waals surface area contributed by atoms with Crippen LogP contribution in [0.25, 0.3) is 0 Å². The van der Waals surface area contributed by atoms with Crippen molar-refractivity contribution in [3.63, 3.8) is 0 Å². The Labute approximate surface area is 137 Å². The number of amides is 2. The van der Waals surface area contributed by atoms with Gasteiger partial charge >= 0.3 is 12.2 Å². The van der Waals surface area contributed by atoms with Gasteiger partial charge in [-0.3, -0.25) is 4.72 Å². The van der Waals surface area contributed by atoms with E-state index in [1.54, 1.807) is 24.3 Å². The summed E-state index contributed by atoms with van der Waals surface area (Å²) in [6.07, 6.45) is -4.47. The number of hydrogen-bond acceptors (Lipinski definition) is 2. The molecule has 0 spiro atoms. The van der Waals surface area contributed by atoms with Gasteiger partial charge in [0.15, 0.2) is 11.0 Å². The van der Waals surface area contributed by atoms with Gasteiger partial charge in [-0.1, -0.05) is 11.6 Å². The summed E-state index contributed by atoms with van der Waals surface area (Å²) in [5.74, 6) is 0. The molecule has 9 heteroatoms. The Morgan fingerprint density at radius 2 is 1.57 bits per heavy atom. The Kier molecular flexibility index (Phi) is 5.27. The zero-order valence-electron chi connectivity index (χ0n) is 11.4. The average Bonchev–Trinajstić information content (AvgIpc) is 2.49. The number of benzene rings is 2. The minimum Gasteiger partial charge on any atom is -0.307 e.